The number of rotatable bonds is 4. The van der Waals surface area contributed by atoms with Gasteiger partial charge in [0.05, 0.1) is 10.6 Å². The number of fused-ring (bicyclic) bond motifs is 1. The fraction of sp³-hybridized carbons (Fsp3) is 0.300. The van der Waals surface area contributed by atoms with Crippen molar-refractivity contribution in [1.82, 2.24) is 10.3 Å². The highest BCUT2D eigenvalue weighted by Crippen LogP contribution is 2.38. The molecule has 0 saturated heterocycles. The Bertz CT molecular complexity index is 929. The summed E-state index contributed by atoms with van der Waals surface area (Å²) in [5, 5.41) is 5.62. The first-order valence-electron chi connectivity index (χ1n) is 8.62. The highest BCUT2D eigenvalue weighted by atomic mass is 32.1. The molecule has 7 heteroatoms. The van der Waals surface area contributed by atoms with Crippen LogP contribution in [-0.4, -0.2) is 22.6 Å². The summed E-state index contributed by atoms with van der Waals surface area (Å²) in [5.41, 5.74) is 1.50. The van der Waals surface area contributed by atoms with Gasteiger partial charge < -0.3 is 5.32 Å². The van der Waals surface area contributed by atoms with E-state index >= 15 is 0 Å². The molecule has 0 unspecified atom stereocenters. The van der Waals surface area contributed by atoms with E-state index < -0.39 is 5.91 Å². The molecule has 2 aromatic rings. The number of Topliss-reactive ketones (excluding diaryl/α,β-unsaturated/α-hetero) is 1. The van der Waals surface area contributed by atoms with E-state index in [1.807, 2.05) is 44.2 Å². The smallest absolute Gasteiger partial charge is 0.273 e. The fourth-order valence-electron chi connectivity index (χ4n) is 3.00. The molecule has 0 saturated carbocycles. The lowest BCUT2D eigenvalue weighted by molar-refractivity contribution is -0.120. The molecule has 3 rings (SSSR count). The van der Waals surface area contributed by atoms with E-state index in [1.165, 1.54) is 18.3 Å². The molecule has 0 atom stereocenters. The summed E-state index contributed by atoms with van der Waals surface area (Å²) in [6.07, 6.45) is 2.76. The van der Waals surface area contributed by atoms with Gasteiger partial charge in [0.2, 0.25) is 5.91 Å². The maximum atomic E-state index is 12.7. The third-order valence-corrected chi connectivity index (χ3v) is 5.18. The first-order chi connectivity index (χ1) is 12.7. The largest absolute Gasteiger partial charge is 0.322 e. The normalized spacial score (nSPS) is 15.8. The molecule has 1 aromatic carbocycles. The second-order valence-corrected chi connectivity index (χ2v) is 8.34. The van der Waals surface area contributed by atoms with E-state index in [1.54, 1.807) is 6.08 Å². The molecule has 0 fully saturated rings. The van der Waals surface area contributed by atoms with Crippen molar-refractivity contribution >= 4 is 40.1 Å². The van der Waals surface area contributed by atoms with Gasteiger partial charge >= 0.3 is 0 Å². The Kier molecular flexibility index (Phi) is 5.23. The van der Waals surface area contributed by atoms with Crippen molar-refractivity contribution in [3.05, 3.63) is 52.2 Å². The third-order valence-electron chi connectivity index (χ3n) is 4.12. The summed E-state index contributed by atoms with van der Waals surface area (Å²) < 4.78 is 0. The number of aromatic nitrogens is 1. The second-order valence-electron chi connectivity index (χ2n) is 7.34. The lowest BCUT2D eigenvalue weighted by Crippen LogP contribution is -2.29. The summed E-state index contributed by atoms with van der Waals surface area (Å²) in [6.45, 7) is 5.40. The molecule has 1 aliphatic rings. The molecular formula is C20H21N3O3S. The van der Waals surface area contributed by atoms with Crippen LogP contribution in [0.25, 0.3) is 6.08 Å². The van der Waals surface area contributed by atoms with Gasteiger partial charge in [-0.05, 0) is 23.5 Å². The highest BCUT2D eigenvalue weighted by molar-refractivity contribution is 7.17. The van der Waals surface area contributed by atoms with Crippen LogP contribution in [0.1, 0.15) is 48.1 Å². The standard InChI is InChI=1S/C20H21N3O3S/c1-12(24)21-14(9-13-7-5-4-6-8-13)18(26)23-19-22-15-10-20(2,3)11-16(25)17(15)27-19/h4-9H,10-11H2,1-3H3,(H,21,24)(H,22,23,26)/b14-9-. The van der Waals surface area contributed by atoms with Gasteiger partial charge in [0.1, 0.15) is 5.70 Å². The number of amides is 2. The summed E-state index contributed by atoms with van der Waals surface area (Å²) in [6, 6.07) is 9.22. The number of carbonyl (C=O) groups excluding carboxylic acids is 3. The summed E-state index contributed by atoms with van der Waals surface area (Å²) in [7, 11) is 0. The molecule has 6 nitrogen and oxygen atoms in total. The Hall–Kier alpha value is -2.80. The quantitative estimate of drug-likeness (QED) is 0.792. The zero-order chi connectivity index (χ0) is 19.6. The van der Waals surface area contributed by atoms with Gasteiger partial charge in [-0.2, -0.15) is 0 Å². The topological polar surface area (TPSA) is 88.2 Å². The minimum absolute atomic E-state index is 0.0566. The predicted octanol–water partition coefficient (Wildman–Crippen LogP) is 3.41. The molecule has 0 radical (unpaired) electrons. The molecule has 0 spiro atoms. The van der Waals surface area contributed by atoms with Crippen LogP contribution in [-0.2, 0) is 16.0 Å². The Morgan fingerprint density at radius 2 is 1.89 bits per heavy atom. The highest BCUT2D eigenvalue weighted by Gasteiger charge is 2.34. The Labute approximate surface area is 161 Å². The number of benzene rings is 1. The van der Waals surface area contributed by atoms with Crippen molar-refractivity contribution in [3.63, 3.8) is 0 Å². The Balaban J connectivity index is 1.83. The van der Waals surface area contributed by atoms with Gasteiger partial charge in [-0.1, -0.05) is 55.5 Å². The van der Waals surface area contributed by atoms with Gasteiger partial charge in [0.25, 0.3) is 5.91 Å². The number of nitrogens with zero attached hydrogens (tertiary/aromatic N) is 1. The van der Waals surface area contributed by atoms with Crippen molar-refractivity contribution in [2.45, 2.75) is 33.6 Å². The Morgan fingerprint density at radius 1 is 1.19 bits per heavy atom. The van der Waals surface area contributed by atoms with Crippen LogP contribution in [0, 0.1) is 5.41 Å². The number of hydrogen-bond acceptors (Lipinski definition) is 5. The van der Waals surface area contributed by atoms with E-state index in [2.05, 4.69) is 15.6 Å². The number of nitrogens with one attached hydrogen (secondary N) is 2. The maximum Gasteiger partial charge on any atom is 0.273 e. The zero-order valence-electron chi connectivity index (χ0n) is 15.5. The lowest BCUT2D eigenvalue weighted by Gasteiger charge is -2.26. The van der Waals surface area contributed by atoms with Crippen LogP contribution >= 0.6 is 11.3 Å². The van der Waals surface area contributed by atoms with Crippen molar-refractivity contribution in [2.24, 2.45) is 5.41 Å². The molecular weight excluding hydrogens is 362 g/mol. The number of carbonyl (C=O) groups is 3. The van der Waals surface area contributed by atoms with Crippen molar-refractivity contribution < 1.29 is 14.4 Å². The van der Waals surface area contributed by atoms with Gasteiger partial charge in [-0.3, -0.25) is 19.7 Å². The van der Waals surface area contributed by atoms with Gasteiger partial charge in [-0.15, -0.1) is 0 Å². The van der Waals surface area contributed by atoms with Gasteiger partial charge in [-0.25, -0.2) is 4.98 Å². The number of thiazole rings is 1. The van der Waals surface area contributed by atoms with E-state index in [0.29, 0.717) is 22.9 Å². The SMILES string of the molecule is CC(=O)N/C(=C\c1ccccc1)C(=O)Nc1nc2c(s1)C(=O)CC(C)(C)C2. The molecule has 1 aliphatic carbocycles. The zero-order valence-corrected chi connectivity index (χ0v) is 16.3. The molecule has 140 valence electrons. The number of anilines is 1. The van der Waals surface area contributed by atoms with Gasteiger partial charge in [0.15, 0.2) is 10.9 Å². The van der Waals surface area contributed by atoms with Crippen LogP contribution in [0.2, 0.25) is 0 Å². The maximum absolute atomic E-state index is 12.7. The third kappa shape index (κ3) is 4.68. The first kappa shape index (κ1) is 19.0. The number of ketones is 1. The van der Waals surface area contributed by atoms with Crippen LogP contribution in [0.3, 0.4) is 0 Å². The second kappa shape index (κ2) is 7.44. The van der Waals surface area contributed by atoms with Crippen molar-refractivity contribution in [3.8, 4) is 0 Å². The van der Waals surface area contributed by atoms with Crippen molar-refractivity contribution in [2.75, 3.05) is 5.32 Å². The summed E-state index contributed by atoms with van der Waals surface area (Å²) in [5.74, 6) is -0.768. The van der Waals surface area contributed by atoms with Crippen LogP contribution in [0.5, 0.6) is 0 Å². The minimum Gasteiger partial charge on any atom is -0.322 e. The monoisotopic (exact) mass is 383 g/mol. The predicted molar refractivity (Wildman–Crippen MR) is 105 cm³/mol. The van der Waals surface area contributed by atoms with E-state index in [9.17, 15) is 14.4 Å². The minimum atomic E-state index is -0.480. The molecule has 0 bridgehead atoms. The van der Waals surface area contributed by atoms with E-state index in [4.69, 9.17) is 0 Å². The van der Waals surface area contributed by atoms with E-state index in [-0.39, 0.29) is 22.8 Å². The lowest BCUT2D eigenvalue weighted by atomic mass is 9.78. The first-order valence-corrected chi connectivity index (χ1v) is 9.44. The van der Waals surface area contributed by atoms with Crippen molar-refractivity contribution in [1.29, 1.82) is 0 Å². The summed E-state index contributed by atoms with van der Waals surface area (Å²) >= 11 is 1.18. The van der Waals surface area contributed by atoms with Crippen LogP contribution < -0.4 is 10.6 Å². The van der Waals surface area contributed by atoms with E-state index in [0.717, 1.165) is 11.3 Å². The molecule has 0 aliphatic heterocycles. The molecule has 27 heavy (non-hydrogen) atoms. The van der Waals surface area contributed by atoms with Crippen LogP contribution in [0.15, 0.2) is 36.0 Å². The Morgan fingerprint density at radius 3 is 2.56 bits per heavy atom. The molecule has 2 amide bonds. The average molecular weight is 383 g/mol. The summed E-state index contributed by atoms with van der Waals surface area (Å²) in [4.78, 5) is 41.5. The number of hydrogen-bond donors (Lipinski definition) is 2. The molecule has 1 aromatic heterocycles. The fourth-order valence-corrected chi connectivity index (χ4v) is 3.92. The van der Waals surface area contributed by atoms with Crippen LogP contribution in [0.4, 0.5) is 5.13 Å². The molecule has 2 N–H and O–H groups in total. The average Bonchev–Trinajstić information content (AvgIpc) is 2.96. The molecule has 1 heterocycles. The van der Waals surface area contributed by atoms with Gasteiger partial charge in [0, 0.05) is 13.3 Å².